The molecule has 1 aliphatic carbocycles. The molecule has 4 nitrogen and oxygen atoms in total. The van der Waals surface area contributed by atoms with Crippen LogP contribution in [-0.2, 0) is 4.79 Å². The molecular formula is C16H33N3O. The van der Waals surface area contributed by atoms with Gasteiger partial charge in [0.2, 0.25) is 5.91 Å². The van der Waals surface area contributed by atoms with Crippen LogP contribution >= 0.6 is 0 Å². The predicted octanol–water partition coefficient (Wildman–Crippen LogP) is 1.99. The number of carbonyl (C=O) groups is 1. The van der Waals surface area contributed by atoms with Gasteiger partial charge in [-0.15, -0.1) is 0 Å². The molecule has 4 heteroatoms. The van der Waals surface area contributed by atoms with Crippen molar-refractivity contribution in [2.24, 2.45) is 17.6 Å². The van der Waals surface area contributed by atoms with Crippen molar-refractivity contribution in [3.63, 3.8) is 0 Å². The van der Waals surface area contributed by atoms with E-state index in [1.54, 1.807) is 0 Å². The van der Waals surface area contributed by atoms with Gasteiger partial charge in [-0.3, -0.25) is 4.79 Å². The first-order valence-electron chi connectivity index (χ1n) is 8.34. The number of amides is 1. The fourth-order valence-corrected chi connectivity index (χ4v) is 3.15. The van der Waals surface area contributed by atoms with Crippen LogP contribution in [0, 0.1) is 11.8 Å². The van der Waals surface area contributed by atoms with Crippen LogP contribution in [0.5, 0.6) is 0 Å². The Bertz CT molecular complexity index is 279. The summed E-state index contributed by atoms with van der Waals surface area (Å²) in [5.74, 6) is 0.792. The van der Waals surface area contributed by atoms with Gasteiger partial charge in [0.15, 0.2) is 0 Å². The van der Waals surface area contributed by atoms with E-state index in [-0.39, 0.29) is 11.8 Å². The highest BCUT2D eigenvalue weighted by atomic mass is 16.1. The highest BCUT2D eigenvalue weighted by Crippen LogP contribution is 2.29. The summed E-state index contributed by atoms with van der Waals surface area (Å²) in [6.45, 7) is 10.4. The lowest BCUT2D eigenvalue weighted by atomic mass is 9.78. The highest BCUT2D eigenvalue weighted by Gasteiger charge is 2.28. The van der Waals surface area contributed by atoms with Gasteiger partial charge in [-0.25, -0.2) is 0 Å². The molecule has 3 atom stereocenters. The van der Waals surface area contributed by atoms with Gasteiger partial charge in [0.25, 0.3) is 0 Å². The Morgan fingerprint density at radius 3 is 2.65 bits per heavy atom. The van der Waals surface area contributed by atoms with Crippen molar-refractivity contribution in [2.75, 3.05) is 26.2 Å². The summed E-state index contributed by atoms with van der Waals surface area (Å²) in [7, 11) is 0. The zero-order valence-electron chi connectivity index (χ0n) is 13.5. The molecule has 3 N–H and O–H groups in total. The third kappa shape index (κ3) is 5.80. The van der Waals surface area contributed by atoms with Gasteiger partial charge in [0.1, 0.15) is 0 Å². The first kappa shape index (κ1) is 17.4. The Kier molecular flexibility index (Phi) is 8.15. The van der Waals surface area contributed by atoms with E-state index in [1.165, 1.54) is 6.42 Å². The van der Waals surface area contributed by atoms with Crippen LogP contribution in [0.1, 0.15) is 52.9 Å². The molecule has 1 rings (SSSR count). The van der Waals surface area contributed by atoms with E-state index in [2.05, 4.69) is 31.0 Å². The standard InChI is InChI=1S/C16H33N3O/c1-4-19(5-2)11-7-10-18-16(20)13(3)14-8-6-9-15(17)12-14/h13-15H,4-12,17H2,1-3H3,(H,18,20). The molecule has 20 heavy (non-hydrogen) atoms. The number of nitrogens with one attached hydrogen (secondary N) is 1. The van der Waals surface area contributed by atoms with Crippen LogP contribution in [0.15, 0.2) is 0 Å². The van der Waals surface area contributed by atoms with Gasteiger partial charge in [-0.1, -0.05) is 27.2 Å². The lowest BCUT2D eigenvalue weighted by Gasteiger charge is -2.30. The molecule has 0 heterocycles. The van der Waals surface area contributed by atoms with Gasteiger partial charge < -0.3 is 16.0 Å². The first-order chi connectivity index (χ1) is 9.58. The summed E-state index contributed by atoms with van der Waals surface area (Å²) < 4.78 is 0. The molecular weight excluding hydrogens is 250 g/mol. The largest absolute Gasteiger partial charge is 0.356 e. The number of nitrogens with two attached hydrogens (primary N) is 1. The van der Waals surface area contributed by atoms with Crippen molar-refractivity contribution in [1.82, 2.24) is 10.2 Å². The van der Waals surface area contributed by atoms with Crippen molar-refractivity contribution in [3.8, 4) is 0 Å². The van der Waals surface area contributed by atoms with Crippen LogP contribution in [-0.4, -0.2) is 43.0 Å². The van der Waals surface area contributed by atoms with E-state index in [1.807, 2.05) is 0 Å². The van der Waals surface area contributed by atoms with E-state index < -0.39 is 0 Å². The molecule has 0 radical (unpaired) electrons. The minimum absolute atomic E-state index is 0.106. The molecule has 0 aliphatic heterocycles. The number of hydrogen-bond donors (Lipinski definition) is 2. The molecule has 0 saturated heterocycles. The van der Waals surface area contributed by atoms with Gasteiger partial charge >= 0.3 is 0 Å². The van der Waals surface area contributed by atoms with E-state index in [0.29, 0.717) is 12.0 Å². The first-order valence-corrected chi connectivity index (χ1v) is 8.34. The monoisotopic (exact) mass is 283 g/mol. The molecule has 1 amide bonds. The second-order valence-electron chi connectivity index (χ2n) is 6.15. The Labute approximate surface area is 124 Å². The number of nitrogens with zero attached hydrogens (tertiary/aromatic N) is 1. The maximum absolute atomic E-state index is 12.2. The molecule has 118 valence electrons. The van der Waals surface area contributed by atoms with Crippen LogP contribution < -0.4 is 11.1 Å². The third-order valence-corrected chi connectivity index (χ3v) is 4.72. The minimum atomic E-state index is 0.106. The Hall–Kier alpha value is -0.610. The summed E-state index contributed by atoms with van der Waals surface area (Å²) >= 11 is 0. The Balaban J connectivity index is 2.21. The Morgan fingerprint density at radius 1 is 1.35 bits per heavy atom. The normalized spacial score (nSPS) is 24.6. The lowest BCUT2D eigenvalue weighted by Crippen LogP contribution is -2.39. The van der Waals surface area contributed by atoms with E-state index >= 15 is 0 Å². The molecule has 0 aromatic heterocycles. The maximum Gasteiger partial charge on any atom is 0.223 e. The fraction of sp³-hybridized carbons (Fsp3) is 0.938. The SMILES string of the molecule is CCN(CC)CCCNC(=O)C(C)C1CCCC(N)C1. The van der Waals surface area contributed by atoms with Crippen molar-refractivity contribution in [3.05, 3.63) is 0 Å². The average molecular weight is 283 g/mol. The second-order valence-corrected chi connectivity index (χ2v) is 6.15. The van der Waals surface area contributed by atoms with Gasteiger partial charge in [-0.05, 0) is 51.2 Å². The summed E-state index contributed by atoms with van der Waals surface area (Å²) in [5.41, 5.74) is 6.01. The summed E-state index contributed by atoms with van der Waals surface area (Å²) in [6, 6.07) is 0.298. The van der Waals surface area contributed by atoms with E-state index in [9.17, 15) is 4.79 Å². The fourth-order valence-electron chi connectivity index (χ4n) is 3.15. The zero-order chi connectivity index (χ0) is 15.0. The van der Waals surface area contributed by atoms with Gasteiger partial charge in [0, 0.05) is 18.5 Å². The van der Waals surface area contributed by atoms with Crippen LogP contribution in [0.4, 0.5) is 0 Å². The summed E-state index contributed by atoms with van der Waals surface area (Å²) in [6.07, 6.45) is 5.49. The van der Waals surface area contributed by atoms with Gasteiger partial charge in [-0.2, -0.15) is 0 Å². The summed E-state index contributed by atoms with van der Waals surface area (Å²) in [5, 5.41) is 3.09. The smallest absolute Gasteiger partial charge is 0.223 e. The molecule has 3 unspecified atom stereocenters. The van der Waals surface area contributed by atoms with Crippen LogP contribution in [0.2, 0.25) is 0 Å². The van der Waals surface area contributed by atoms with Crippen LogP contribution in [0.3, 0.4) is 0 Å². The molecule has 0 aromatic rings. The van der Waals surface area contributed by atoms with Crippen molar-refractivity contribution in [1.29, 1.82) is 0 Å². The number of carbonyl (C=O) groups excluding carboxylic acids is 1. The van der Waals surface area contributed by atoms with Crippen LogP contribution in [0.25, 0.3) is 0 Å². The number of rotatable bonds is 8. The quantitative estimate of drug-likeness (QED) is 0.670. The van der Waals surface area contributed by atoms with E-state index in [0.717, 1.165) is 51.9 Å². The molecule has 0 aromatic carbocycles. The lowest BCUT2D eigenvalue weighted by molar-refractivity contribution is -0.126. The van der Waals surface area contributed by atoms with Crippen molar-refractivity contribution >= 4 is 5.91 Å². The topological polar surface area (TPSA) is 58.4 Å². The third-order valence-electron chi connectivity index (χ3n) is 4.72. The second kappa shape index (κ2) is 9.35. The Morgan fingerprint density at radius 2 is 2.05 bits per heavy atom. The molecule has 0 bridgehead atoms. The molecule has 1 saturated carbocycles. The average Bonchev–Trinajstić information content (AvgIpc) is 2.46. The molecule has 0 spiro atoms. The van der Waals surface area contributed by atoms with Gasteiger partial charge in [0.05, 0.1) is 0 Å². The molecule has 1 aliphatic rings. The zero-order valence-corrected chi connectivity index (χ0v) is 13.5. The van der Waals surface area contributed by atoms with Crippen molar-refractivity contribution < 1.29 is 4.79 Å². The number of hydrogen-bond acceptors (Lipinski definition) is 3. The molecule has 1 fully saturated rings. The van der Waals surface area contributed by atoms with E-state index in [4.69, 9.17) is 5.73 Å². The maximum atomic E-state index is 12.2. The predicted molar refractivity (Wildman–Crippen MR) is 84.5 cm³/mol. The van der Waals surface area contributed by atoms with Crippen molar-refractivity contribution in [2.45, 2.75) is 58.9 Å². The minimum Gasteiger partial charge on any atom is -0.356 e. The summed E-state index contributed by atoms with van der Waals surface area (Å²) in [4.78, 5) is 14.6. The highest BCUT2D eigenvalue weighted by molar-refractivity contribution is 5.78.